The first kappa shape index (κ1) is 13.3. The van der Waals surface area contributed by atoms with Crippen LogP contribution in [0.5, 0.6) is 0 Å². The number of nitrogens with one attached hydrogen (secondary N) is 2. The number of nitrogens with zero attached hydrogens (tertiary/aromatic N) is 2. The Morgan fingerprint density at radius 3 is 2.52 bits per heavy atom. The zero-order valence-electron chi connectivity index (χ0n) is 11.0. The van der Waals surface area contributed by atoms with Crippen LogP contribution in [-0.2, 0) is 0 Å². The molecule has 3 rings (SSSR count). The van der Waals surface area contributed by atoms with Crippen LogP contribution in [0.1, 0.15) is 0 Å². The van der Waals surface area contributed by atoms with Crippen molar-refractivity contribution in [2.75, 3.05) is 10.6 Å². The van der Waals surface area contributed by atoms with Gasteiger partial charge in [-0.15, -0.1) is 11.3 Å². The van der Waals surface area contributed by atoms with Crippen molar-refractivity contribution >= 4 is 28.2 Å². The second kappa shape index (κ2) is 6.15. The van der Waals surface area contributed by atoms with Crippen LogP contribution in [-0.4, -0.2) is 16.0 Å². The molecule has 2 N–H and O–H groups in total. The van der Waals surface area contributed by atoms with Gasteiger partial charge in [0.15, 0.2) is 5.13 Å². The summed E-state index contributed by atoms with van der Waals surface area (Å²) in [5.74, 6) is 0. The van der Waals surface area contributed by atoms with Crippen LogP contribution in [0.3, 0.4) is 0 Å². The molecule has 0 bridgehead atoms. The van der Waals surface area contributed by atoms with Crippen molar-refractivity contribution in [1.82, 2.24) is 9.97 Å². The second-order valence-corrected chi connectivity index (χ2v) is 5.08. The largest absolute Gasteiger partial charge is 0.325 e. The summed E-state index contributed by atoms with van der Waals surface area (Å²) in [4.78, 5) is 20.1. The highest BCUT2D eigenvalue weighted by Crippen LogP contribution is 2.24. The standard InChI is InChI=1S/C15H12N4OS/c20-14(17-12-6-8-16-9-7-12)19-15-18-13(10-21-15)11-4-2-1-3-5-11/h1-10H,(H2,16,17,18,19,20). The summed E-state index contributed by atoms with van der Waals surface area (Å²) in [5, 5.41) is 7.90. The fourth-order valence-electron chi connectivity index (χ4n) is 1.77. The number of hydrogen-bond acceptors (Lipinski definition) is 4. The molecule has 0 fully saturated rings. The van der Waals surface area contributed by atoms with Crippen molar-refractivity contribution in [3.63, 3.8) is 0 Å². The molecule has 0 aliphatic carbocycles. The van der Waals surface area contributed by atoms with Gasteiger partial charge in [0.1, 0.15) is 0 Å². The van der Waals surface area contributed by atoms with E-state index in [0.29, 0.717) is 10.8 Å². The molecule has 0 atom stereocenters. The topological polar surface area (TPSA) is 66.9 Å². The molecule has 0 saturated heterocycles. The number of urea groups is 1. The summed E-state index contributed by atoms with van der Waals surface area (Å²) in [6.07, 6.45) is 3.24. The lowest BCUT2D eigenvalue weighted by atomic mass is 10.2. The number of carbonyl (C=O) groups excluding carboxylic acids is 1. The fraction of sp³-hybridized carbons (Fsp3) is 0. The Balaban J connectivity index is 1.66. The minimum atomic E-state index is -0.324. The van der Waals surface area contributed by atoms with E-state index < -0.39 is 0 Å². The molecule has 5 nitrogen and oxygen atoms in total. The third-order valence-corrected chi connectivity index (χ3v) is 3.49. The minimum Gasteiger partial charge on any atom is -0.308 e. The summed E-state index contributed by atoms with van der Waals surface area (Å²) in [5.41, 5.74) is 2.55. The first-order valence-corrected chi connectivity index (χ1v) is 7.18. The summed E-state index contributed by atoms with van der Waals surface area (Å²) >= 11 is 1.39. The van der Waals surface area contributed by atoms with Gasteiger partial charge in [-0.2, -0.15) is 0 Å². The third-order valence-electron chi connectivity index (χ3n) is 2.73. The molecule has 0 saturated carbocycles. The summed E-state index contributed by atoms with van der Waals surface area (Å²) < 4.78 is 0. The highest BCUT2D eigenvalue weighted by molar-refractivity contribution is 7.14. The van der Waals surface area contributed by atoms with Gasteiger partial charge < -0.3 is 5.32 Å². The van der Waals surface area contributed by atoms with E-state index in [1.807, 2.05) is 35.7 Å². The minimum absolute atomic E-state index is 0.324. The maximum Gasteiger partial charge on any atom is 0.325 e. The van der Waals surface area contributed by atoms with Gasteiger partial charge in [0.05, 0.1) is 5.69 Å². The zero-order chi connectivity index (χ0) is 14.5. The number of thiazole rings is 1. The van der Waals surface area contributed by atoms with Gasteiger partial charge in [0.25, 0.3) is 0 Å². The molecule has 6 heteroatoms. The predicted octanol–water partition coefficient (Wildman–Crippen LogP) is 3.85. The fourth-order valence-corrected chi connectivity index (χ4v) is 2.48. The molecule has 21 heavy (non-hydrogen) atoms. The van der Waals surface area contributed by atoms with Crippen LogP contribution in [0.25, 0.3) is 11.3 Å². The van der Waals surface area contributed by atoms with Crippen molar-refractivity contribution < 1.29 is 4.79 Å². The first-order chi connectivity index (χ1) is 10.3. The molecule has 2 heterocycles. The van der Waals surface area contributed by atoms with E-state index in [-0.39, 0.29) is 6.03 Å². The maximum atomic E-state index is 11.9. The van der Waals surface area contributed by atoms with Crippen LogP contribution in [0.15, 0.2) is 60.2 Å². The van der Waals surface area contributed by atoms with Crippen molar-refractivity contribution in [3.05, 3.63) is 60.2 Å². The normalized spacial score (nSPS) is 10.1. The lowest BCUT2D eigenvalue weighted by Crippen LogP contribution is -2.19. The molecule has 0 radical (unpaired) electrons. The number of amides is 2. The Bertz CT molecular complexity index is 728. The average molecular weight is 296 g/mol. The van der Waals surface area contributed by atoms with Gasteiger partial charge in [-0.25, -0.2) is 9.78 Å². The van der Waals surface area contributed by atoms with E-state index in [1.54, 1.807) is 24.5 Å². The Morgan fingerprint density at radius 1 is 1.00 bits per heavy atom. The Morgan fingerprint density at radius 2 is 1.76 bits per heavy atom. The van der Waals surface area contributed by atoms with E-state index in [4.69, 9.17) is 0 Å². The first-order valence-electron chi connectivity index (χ1n) is 6.30. The summed E-state index contributed by atoms with van der Waals surface area (Å²) in [6.45, 7) is 0. The summed E-state index contributed by atoms with van der Waals surface area (Å²) in [6, 6.07) is 12.9. The second-order valence-electron chi connectivity index (χ2n) is 4.22. The van der Waals surface area contributed by atoms with E-state index in [9.17, 15) is 4.79 Å². The Labute approximate surface area is 125 Å². The van der Waals surface area contributed by atoms with Gasteiger partial charge in [0, 0.05) is 29.0 Å². The highest BCUT2D eigenvalue weighted by Gasteiger charge is 2.07. The van der Waals surface area contributed by atoms with Gasteiger partial charge in [-0.3, -0.25) is 10.3 Å². The smallest absolute Gasteiger partial charge is 0.308 e. The number of aromatic nitrogens is 2. The van der Waals surface area contributed by atoms with E-state index in [2.05, 4.69) is 20.6 Å². The van der Waals surface area contributed by atoms with Crippen LogP contribution in [0.4, 0.5) is 15.6 Å². The van der Waals surface area contributed by atoms with Crippen LogP contribution in [0, 0.1) is 0 Å². The van der Waals surface area contributed by atoms with Crippen LogP contribution in [0.2, 0.25) is 0 Å². The number of benzene rings is 1. The molecule has 0 aliphatic heterocycles. The zero-order valence-corrected chi connectivity index (χ0v) is 11.8. The van der Waals surface area contributed by atoms with Gasteiger partial charge in [-0.1, -0.05) is 30.3 Å². The number of hydrogen-bond donors (Lipinski definition) is 2. The molecule has 3 aromatic rings. The number of anilines is 2. The molecule has 0 unspecified atom stereocenters. The monoisotopic (exact) mass is 296 g/mol. The SMILES string of the molecule is O=C(Nc1ccncc1)Nc1nc(-c2ccccc2)cs1. The van der Waals surface area contributed by atoms with Crippen molar-refractivity contribution in [2.24, 2.45) is 0 Å². The van der Waals surface area contributed by atoms with E-state index in [0.717, 1.165) is 11.3 Å². The molecular formula is C15H12N4OS. The van der Waals surface area contributed by atoms with E-state index in [1.165, 1.54) is 11.3 Å². The van der Waals surface area contributed by atoms with Gasteiger partial charge >= 0.3 is 6.03 Å². The number of carbonyl (C=O) groups is 1. The molecule has 0 spiro atoms. The number of rotatable bonds is 3. The van der Waals surface area contributed by atoms with Crippen molar-refractivity contribution in [3.8, 4) is 11.3 Å². The predicted molar refractivity (Wildman–Crippen MR) is 84.4 cm³/mol. The van der Waals surface area contributed by atoms with Crippen molar-refractivity contribution in [2.45, 2.75) is 0 Å². The molecular weight excluding hydrogens is 284 g/mol. The highest BCUT2D eigenvalue weighted by atomic mass is 32.1. The third kappa shape index (κ3) is 3.43. The van der Waals surface area contributed by atoms with Gasteiger partial charge in [-0.05, 0) is 12.1 Å². The molecule has 104 valence electrons. The molecule has 2 aromatic heterocycles. The van der Waals surface area contributed by atoms with E-state index >= 15 is 0 Å². The van der Waals surface area contributed by atoms with Crippen LogP contribution >= 0.6 is 11.3 Å². The lowest BCUT2D eigenvalue weighted by molar-refractivity contribution is 0.262. The Hall–Kier alpha value is -2.73. The van der Waals surface area contributed by atoms with Gasteiger partial charge in [0.2, 0.25) is 0 Å². The Kier molecular flexibility index (Phi) is 3.88. The molecule has 1 aromatic carbocycles. The molecule has 2 amide bonds. The number of pyridine rings is 1. The summed E-state index contributed by atoms with van der Waals surface area (Å²) in [7, 11) is 0. The quantitative estimate of drug-likeness (QED) is 0.771. The van der Waals surface area contributed by atoms with Crippen molar-refractivity contribution in [1.29, 1.82) is 0 Å². The van der Waals surface area contributed by atoms with Crippen LogP contribution < -0.4 is 10.6 Å². The lowest BCUT2D eigenvalue weighted by Gasteiger charge is -2.04. The average Bonchev–Trinajstić information content (AvgIpc) is 2.97. The molecule has 0 aliphatic rings. The maximum absolute atomic E-state index is 11.9.